The van der Waals surface area contributed by atoms with Gasteiger partial charge in [-0.3, -0.25) is 14.5 Å². The van der Waals surface area contributed by atoms with E-state index in [-0.39, 0.29) is 25.0 Å². The molecule has 0 aromatic heterocycles. The van der Waals surface area contributed by atoms with E-state index in [0.29, 0.717) is 6.54 Å². The largest absolute Gasteiger partial charge is 0.351 e. The molecule has 2 aliphatic rings. The summed E-state index contributed by atoms with van der Waals surface area (Å²) in [5, 5.41) is 0. The second-order valence-corrected chi connectivity index (χ2v) is 5.53. The highest BCUT2D eigenvalue weighted by atomic mass is 16.5. The van der Waals surface area contributed by atoms with Gasteiger partial charge in [0.05, 0.1) is 13.2 Å². The molecule has 21 heavy (non-hydrogen) atoms. The summed E-state index contributed by atoms with van der Waals surface area (Å²) in [6, 6.07) is 9.13. The Balaban J connectivity index is 1.79. The van der Waals surface area contributed by atoms with E-state index in [1.165, 1.54) is 0 Å². The molecule has 2 saturated heterocycles. The van der Waals surface area contributed by atoms with E-state index in [0.717, 1.165) is 18.4 Å². The van der Waals surface area contributed by atoms with E-state index in [2.05, 4.69) is 6.92 Å². The molecule has 0 saturated carbocycles. The number of fused-ring (bicyclic) bond motifs is 1. The molecule has 0 aliphatic carbocycles. The van der Waals surface area contributed by atoms with Crippen LogP contribution in [-0.2, 0) is 14.3 Å². The monoisotopic (exact) mass is 288 g/mol. The van der Waals surface area contributed by atoms with Crippen LogP contribution in [0, 0.1) is 0 Å². The standard InChI is InChI=1S/C16H20N2O3/c1-2-3-9-17-10-14(19)18-13(15(17)20)11-21-16(18)12-7-5-4-6-8-12/h4-8,13,16H,2-3,9-11H2,1H3/t13-,16-/m0/s1. The summed E-state index contributed by atoms with van der Waals surface area (Å²) in [4.78, 5) is 28.2. The van der Waals surface area contributed by atoms with Crippen LogP contribution < -0.4 is 0 Å². The molecular formula is C16H20N2O3. The number of hydrogen-bond donors (Lipinski definition) is 0. The van der Waals surface area contributed by atoms with Crippen molar-refractivity contribution in [2.24, 2.45) is 0 Å². The third kappa shape index (κ3) is 2.53. The van der Waals surface area contributed by atoms with Crippen LogP contribution in [0.4, 0.5) is 0 Å². The molecule has 2 amide bonds. The molecular weight excluding hydrogens is 268 g/mol. The summed E-state index contributed by atoms with van der Waals surface area (Å²) >= 11 is 0. The molecule has 2 heterocycles. The summed E-state index contributed by atoms with van der Waals surface area (Å²) < 4.78 is 5.74. The molecule has 3 rings (SSSR count). The Labute approximate surface area is 124 Å². The van der Waals surface area contributed by atoms with Crippen LogP contribution in [0.25, 0.3) is 0 Å². The average molecular weight is 288 g/mol. The summed E-state index contributed by atoms with van der Waals surface area (Å²) in [7, 11) is 0. The van der Waals surface area contributed by atoms with Gasteiger partial charge in [0.25, 0.3) is 0 Å². The number of piperazine rings is 1. The van der Waals surface area contributed by atoms with Gasteiger partial charge in [-0.1, -0.05) is 43.7 Å². The molecule has 112 valence electrons. The van der Waals surface area contributed by atoms with Gasteiger partial charge >= 0.3 is 0 Å². The van der Waals surface area contributed by atoms with E-state index < -0.39 is 12.3 Å². The molecule has 0 bridgehead atoms. The van der Waals surface area contributed by atoms with Crippen LogP contribution in [0.1, 0.15) is 31.6 Å². The number of rotatable bonds is 4. The molecule has 2 aliphatic heterocycles. The first-order chi connectivity index (χ1) is 10.2. The van der Waals surface area contributed by atoms with Gasteiger partial charge in [0, 0.05) is 12.1 Å². The number of ether oxygens (including phenoxy) is 1. The third-order valence-electron chi connectivity index (χ3n) is 4.08. The smallest absolute Gasteiger partial charge is 0.248 e. The minimum Gasteiger partial charge on any atom is -0.351 e. The van der Waals surface area contributed by atoms with Crippen LogP contribution in [0.15, 0.2) is 30.3 Å². The first kappa shape index (κ1) is 14.1. The molecule has 5 heteroatoms. The van der Waals surface area contributed by atoms with Gasteiger partial charge in [0.1, 0.15) is 6.04 Å². The highest BCUT2D eigenvalue weighted by Gasteiger charge is 2.47. The molecule has 1 aromatic rings. The number of carbonyl (C=O) groups excluding carboxylic acids is 2. The van der Waals surface area contributed by atoms with Gasteiger partial charge < -0.3 is 9.64 Å². The quantitative estimate of drug-likeness (QED) is 0.844. The third-order valence-corrected chi connectivity index (χ3v) is 4.08. The molecule has 1 aromatic carbocycles. The van der Waals surface area contributed by atoms with Crippen molar-refractivity contribution in [2.45, 2.75) is 32.0 Å². The molecule has 0 unspecified atom stereocenters. The lowest BCUT2D eigenvalue weighted by Crippen LogP contribution is -2.58. The van der Waals surface area contributed by atoms with Crippen molar-refractivity contribution >= 4 is 11.8 Å². The second-order valence-electron chi connectivity index (χ2n) is 5.53. The number of benzene rings is 1. The molecule has 0 N–H and O–H groups in total. The molecule has 2 fully saturated rings. The predicted octanol–water partition coefficient (Wildman–Crippen LogP) is 1.55. The Morgan fingerprint density at radius 1 is 1.24 bits per heavy atom. The lowest BCUT2D eigenvalue weighted by Gasteiger charge is -2.37. The Bertz CT molecular complexity index is 532. The van der Waals surface area contributed by atoms with E-state index in [1.54, 1.807) is 9.80 Å². The van der Waals surface area contributed by atoms with Gasteiger partial charge in [-0.2, -0.15) is 0 Å². The molecule has 0 spiro atoms. The second kappa shape index (κ2) is 5.85. The number of hydrogen-bond acceptors (Lipinski definition) is 3. The Hall–Kier alpha value is -1.88. The minimum absolute atomic E-state index is 0.0153. The summed E-state index contributed by atoms with van der Waals surface area (Å²) in [6.45, 7) is 3.18. The van der Waals surface area contributed by atoms with Gasteiger partial charge in [0.2, 0.25) is 11.8 Å². The van der Waals surface area contributed by atoms with Gasteiger partial charge in [0.15, 0.2) is 6.23 Å². The maximum absolute atomic E-state index is 12.5. The average Bonchev–Trinajstić information content (AvgIpc) is 2.96. The van der Waals surface area contributed by atoms with Crippen LogP contribution >= 0.6 is 0 Å². The number of unbranched alkanes of at least 4 members (excludes halogenated alkanes) is 1. The SMILES string of the molecule is CCCCN1CC(=O)N2[C@@H](CO[C@H]2c2ccccc2)C1=O. The lowest BCUT2D eigenvalue weighted by atomic mass is 10.1. The summed E-state index contributed by atoms with van der Waals surface area (Å²) in [5.41, 5.74) is 0.920. The van der Waals surface area contributed by atoms with Gasteiger partial charge in [-0.15, -0.1) is 0 Å². The Kier molecular flexibility index (Phi) is 3.92. The maximum atomic E-state index is 12.5. The zero-order valence-electron chi connectivity index (χ0n) is 12.2. The number of carbonyl (C=O) groups is 2. The highest BCUT2D eigenvalue weighted by Crippen LogP contribution is 2.33. The van der Waals surface area contributed by atoms with Crippen LogP contribution in [0.3, 0.4) is 0 Å². The van der Waals surface area contributed by atoms with E-state index in [1.807, 2.05) is 30.3 Å². The van der Waals surface area contributed by atoms with Crippen LogP contribution in [-0.4, -0.2) is 47.4 Å². The topological polar surface area (TPSA) is 49.9 Å². The lowest BCUT2D eigenvalue weighted by molar-refractivity contribution is -0.156. The van der Waals surface area contributed by atoms with Gasteiger partial charge in [-0.05, 0) is 6.42 Å². The molecule has 5 nitrogen and oxygen atoms in total. The molecule has 0 radical (unpaired) electrons. The van der Waals surface area contributed by atoms with Crippen LogP contribution in [0.2, 0.25) is 0 Å². The first-order valence-corrected chi connectivity index (χ1v) is 7.49. The fourth-order valence-electron chi connectivity index (χ4n) is 2.95. The first-order valence-electron chi connectivity index (χ1n) is 7.49. The predicted molar refractivity (Wildman–Crippen MR) is 77.3 cm³/mol. The van der Waals surface area contributed by atoms with E-state index >= 15 is 0 Å². The summed E-state index contributed by atoms with van der Waals surface area (Å²) in [5.74, 6) is -0.0106. The minimum atomic E-state index is -0.465. The van der Waals surface area contributed by atoms with Crippen molar-refractivity contribution in [3.05, 3.63) is 35.9 Å². The number of nitrogens with zero attached hydrogens (tertiary/aromatic N) is 2. The highest BCUT2D eigenvalue weighted by molar-refractivity contribution is 5.95. The van der Waals surface area contributed by atoms with E-state index in [9.17, 15) is 9.59 Å². The van der Waals surface area contributed by atoms with Crippen molar-refractivity contribution in [1.29, 1.82) is 0 Å². The van der Waals surface area contributed by atoms with Crippen LogP contribution in [0.5, 0.6) is 0 Å². The maximum Gasteiger partial charge on any atom is 0.248 e. The fraction of sp³-hybridized carbons (Fsp3) is 0.500. The van der Waals surface area contributed by atoms with E-state index in [4.69, 9.17) is 4.74 Å². The van der Waals surface area contributed by atoms with Crippen molar-refractivity contribution in [3.8, 4) is 0 Å². The van der Waals surface area contributed by atoms with Crippen molar-refractivity contribution < 1.29 is 14.3 Å². The zero-order chi connectivity index (χ0) is 14.8. The summed E-state index contributed by atoms with van der Waals surface area (Å²) in [6.07, 6.45) is 1.51. The zero-order valence-corrected chi connectivity index (χ0v) is 12.2. The number of amides is 2. The molecule has 2 atom stereocenters. The normalized spacial score (nSPS) is 25.4. The van der Waals surface area contributed by atoms with Gasteiger partial charge in [-0.25, -0.2) is 0 Å². The van der Waals surface area contributed by atoms with Crippen molar-refractivity contribution in [2.75, 3.05) is 19.7 Å². The van der Waals surface area contributed by atoms with Crippen molar-refractivity contribution in [1.82, 2.24) is 9.80 Å². The van der Waals surface area contributed by atoms with Crippen molar-refractivity contribution in [3.63, 3.8) is 0 Å². The Morgan fingerprint density at radius 3 is 2.71 bits per heavy atom. The Morgan fingerprint density at radius 2 is 2.00 bits per heavy atom. The fourth-order valence-corrected chi connectivity index (χ4v) is 2.95.